The van der Waals surface area contributed by atoms with Gasteiger partial charge < -0.3 is 69.1 Å². The molecule has 16 heteroatoms. The van der Waals surface area contributed by atoms with E-state index in [9.17, 15) is 25.2 Å². The van der Waals surface area contributed by atoms with Crippen molar-refractivity contribution in [2.45, 2.75) is 192 Å². The monoisotopic (exact) mass is 879 g/mol. The fraction of sp³-hybridized carbons (Fsp3) is 0.826. The van der Waals surface area contributed by atoms with Gasteiger partial charge in [0.1, 0.15) is 29.0 Å². The first kappa shape index (κ1) is 50.5. The zero-order chi connectivity index (χ0) is 45.9. The van der Waals surface area contributed by atoms with E-state index in [-0.39, 0.29) is 43.9 Å². The number of para-hydroxylation sites is 1. The number of aliphatic hydroxyl groups is 4. The summed E-state index contributed by atoms with van der Waals surface area (Å²) in [5.41, 5.74) is -5.22. The number of rotatable bonds is 10. The first-order chi connectivity index (χ1) is 29.0. The van der Waals surface area contributed by atoms with Crippen LogP contribution in [0.25, 0.3) is 0 Å². The predicted molar refractivity (Wildman–Crippen MR) is 234 cm³/mol. The molecule has 6 N–H and O–H groups in total. The van der Waals surface area contributed by atoms with Crippen LogP contribution in [-0.2, 0) is 38.0 Å². The van der Waals surface area contributed by atoms with Crippen LogP contribution in [0.1, 0.15) is 102 Å². The smallest absolute Gasteiger partial charge is 0.311 e. The molecular weight excluding hydrogens is 801 g/mol. The lowest BCUT2D eigenvalue weighted by Gasteiger charge is -2.53. The topological polar surface area (TPSA) is 202 Å². The van der Waals surface area contributed by atoms with Crippen molar-refractivity contribution in [3.05, 3.63) is 30.3 Å². The maximum atomic E-state index is 14.5. The van der Waals surface area contributed by atoms with Crippen LogP contribution in [0.3, 0.4) is 0 Å². The molecule has 4 aliphatic heterocycles. The van der Waals surface area contributed by atoms with Crippen LogP contribution >= 0.6 is 0 Å². The standard InChI is InChI=1S/C46H78N4O12/c1-14-34-45(11,54)38(51)30(7)48-24-26(3)22-43(9,53)39(62-41-37-33(21-27(4)57-41)50(12)42(61-37)49-32-19-17-16-18-20-32)28(5)36(29(6)40(52)59-34)60-35-23-44(10,56-13)46(55,25-47-15-2)31(8)58-35/h16-20,26-31,33-39,41,47-48,51,53-55H,14-15,21-25H2,1-13H3/b49-42-/t26-,27-,28+,29-,30-,31+,33+,34-,35+,36+,37-,38-,39-,41+,43-,44-,45-,46+/m1/s1. The number of benzene rings is 1. The largest absolute Gasteiger partial charge is 0.459 e. The number of hydrogen-bond donors (Lipinski definition) is 6. The third kappa shape index (κ3) is 10.6. The first-order valence-electron chi connectivity index (χ1n) is 22.7. The van der Waals surface area contributed by atoms with Gasteiger partial charge in [0.05, 0.1) is 47.7 Å². The normalized spacial score (nSPS) is 45.7. The number of amidine groups is 1. The number of carbonyl (C=O) groups excluding carboxylic acids is 1. The number of hydrogen-bond acceptors (Lipinski definition) is 15. The summed E-state index contributed by atoms with van der Waals surface area (Å²) in [4.78, 5) is 21.3. The van der Waals surface area contributed by atoms with Crippen molar-refractivity contribution in [1.29, 1.82) is 0 Å². The summed E-state index contributed by atoms with van der Waals surface area (Å²) in [6.45, 7) is 21.0. The molecule has 4 aliphatic rings. The Hall–Kier alpha value is -2.48. The number of fused-ring (bicyclic) bond motifs is 1. The molecule has 4 heterocycles. The second kappa shape index (κ2) is 20.4. The fourth-order valence-electron chi connectivity index (χ4n) is 10.1. The number of ether oxygens (including phenoxy) is 7. The summed E-state index contributed by atoms with van der Waals surface area (Å²) in [5, 5.41) is 54.7. The molecule has 4 fully saturated rings. The third-order valence-corrected chi connectivity index (χ3v) is 14.2. The molecule has 0 spiro atoms. The maximum Gasteiger partial charge on any atom is 0.311 e. The molecule has 0 radical (unpaired) electrons. The van der Waals surface area contributed by atoms with E-state index in [1.165, 1.54) is 6.92 Å². The van der Waals surface area contributed by atoms with Gasteiger partial charge in [-0.3, -0.25) is 4.79 Å². The Bertz CT molecular complexity index is 1640. The molecule has 16 nitrogen and oxygen atoms in total. The highest BCUT2D eigenvalue weighted by atomic mass is 16.7. The molecule has 1 aromatic rings. The Morgan fingerprint density at radius 3 is 2.27 bits per heavy atom. The molecule has 0 bridgehead atoms. The lowest BCUT2D eigenvalue weighted by Crippen LogP contribution is -2.70. The van der Waals surface area contributed by atoms with Crippen LogP contribution in [0.2, 0.25) is 0 Å². The minimum Gasteiger partial charge on any atom is -0.459 e. The molecule has 62 heavy (non-hydrogen) atoms. The Morgan fingerprint density at radius 2 is 1.65 bits per heavy atom. The summed E-state index contributed by atoms with van der Waals surface area (Å²) in [6.07, 6.45) is -6.86. The van der Waals surface area contributed by atoms with Gasteiger partial charge in [-0.25, -0.2) is 0 Å². The highest BCUT2D eigenvalue weighted by Gasteiger charge is 2.59. The molecule has 0 amide bonds. The lowest BCUT2D eigenvalue weighted by molar-refractivity contribution is -0.335. The molecule has 4 saturated heterocycles. The summed E-state index contributed by atoms with van der Waals surface area (Å²) < 4.78 is 45.7. The number of nitrogens with one attached hydrogen (secondary N) is 2. The van der Waals surface area contributed by atoms with Crippen LogP contribution < -0.4 is 10.6 Å². The van der Waals surface area contributed by atoms with Crippen LogP contribution in [0, 0.1) is 17.8 Å². The second-order valence-corrected chi connectivity index (χ2v) is 19.3. The number of nitrogens with zero attached hydrogens (tertiary/aromatic N) is 2. The van der Waals surface area contributed by atoms with Crippen LogP contribution in [0.5, 0.6) is 0 Å². The van der Waals surface area contributed by atoms with Gasteiger partial charge >= 0.3 is 5.97 Å². The molecule has 0 aliphatic carbocycles. The zero-order valence-electron chi connectivity index (χ0n) is 39.4. The van der Waals surface area contributed by atoms with Gasteiger partial charge in [-0.05, 0) is 98.9 Å². The van der Waals surface area contributed by atoms with E-state index in [1.807, 2.05) is 76.9 Å². The summed E-state index contributed by atoms with van der Waals surface area (Å²) in [7, 11) is 3.48. The third-order valence-electron chi connectivity index (χ3n) is 14.2. The van der Waals surface area contributed by atoms with Gasteiger partial charge in [0.2, 0.25) is 0 Å². The van der Waals surface area contributed by atoms with E-state index in [0.717, 1.165) is 5.69 Å². The van der Waals surface area contributed by atoms with Crippen molar-refractivity contribution in [1.82, 2.24) is 15.5 Å². The minimum absolute atomic E-state index is 0.0957. The number of cyclic esters (lactones) is 1. The van der Waals surface area contributed by atoms with Crippen LogP contribution in [0.4, 0.5) is 5.69 Å². The summed E-state index contributed by atoms with van der Waals surface area (Å²) in [6, 6.07) is 9.22. The van der Waals surface area contributed by atoms with E-state index < -0.39 is 95.5 Å². The molecule has 0 unspecified atom stereocenters. The number of carbonyl (C=O) groups is 1. The Labute approximate surface area is 369 Å². The lowest BCUT2D eigenvalue weighted by atomic mass is 9.75. The average Bonchev–Trinajstić information content (AvgIpc) is 3.53. The number of aliphatic hydroxyl groups excluding tert-OH is 1. The quantitative estimate of drug-likeness (QED) is 0.186. The van der Waals surface area contributed by atoms with Gasteiger partial charge in [0.25, 0.3) is 6.02 Å². The van der Waals surface area contributed by atoms with Gasteiger partial charge in [-0.15, -0.1) is 0 Å². The van der Waals surface area contributed by atoms with Crippen molar-refractivity contribution >= 4 is 17.7 Å². The number of esters is 1. The molecule has 0 aromatic heterocycles. The van der Waals surface area contributed by atoms with E-state index in [1.54, 1.807) is 41.7 Å². The van der Waals surface area contributed by atoms with Gasteiger partial charge in [0.15, 0.2) is 18.7 Å². The minimum atomic E-state index is -1.82. The maximum absolute atomic E-state index is 14.5. The van der Waals surface area contributed by atoms with E-state index in [2.05, 4.69) is 10.6 Å². The second-order valence-electron chi connectivity index (χ2n) is 19.3. The van der Waals surface area contributed by atoms with Gasteiger partial charge in [-0.2, -0.15) is 4.99 Å². The van der Waals surface area contributed by atoms with Crippen LogP contribution in [0.15, 0.2) is 35.3 Å². The van der Waals surface area contributed by atoms with Crippen molar-refractivity contribution in [2.24, 2.45) is 22.7 Å². The van der Waals surface area contributed by atoms with E-state index >= 15 is 0 Å². The van der Waals surface area contributed by atoms with E-state index in [0.29, 0.717) is 25.5 Å². The van der Waals surface area contributed by atoms with Crippen LogP contribution in [-0.4, -0.2) is 161 Å². The predicted octanol–water partition coefficient (Wildman–Crippen LogP) is 3.63. The Morgan fingerprint density at radius 1 is 0.968 bits per heavy atom. The highest BCUT2D eigenvalue weighted by Crippen LogP contribution is 2.44. The average molecular weight is 879 g/mol. The first-order valence-corrected chi connectivity index (χ1v) is 22.7. The van der Waals surface area contributed by atoms with E-state index in [4.69, 9.17) is 38.2 Å². The fourth-order valence-corrected chi connectivity index (χ4v) is 10.1. The Kier molecular flexibility index (Phi) is 16.6. The number of aliphatic imine (C=N–C) groups is 1. The van der Waals surface area contributed by atoms with Crippen molar-refractivity contribution in [3.63, 3.8) is 0 Å². The number of likely N-dealkylation sites (N-methyl/N-ethyl adjacent to an activating group) is 2. The number of methoxy groups -OCH3 is 1. The highest BCUT2D eigenvalue weighted by molar-refractivity contribution is 5.79. The molecule has 0 saturated carbocycles. The SMILES string of the molecule is CCNC[C@]1(O)[C@H](C)O[C@@H](O[C@H]2[C@H](C)[C@@H](O[C@@H]3O[C@H](C)C[C@H]4[C@H]3O/C(=N\c3ccccc3)N4C)[C@](C)(O)C[C@@H](C)CN[C@H](C)[C@@H](O)[C@](C)(O)[C@@H](CC)OC(=O)[C@@H]2C)C[C@@]1(C)OC. The summed E-state index contributed by atoms with van der Waals surface area (Å²) in [5.74, 6) is -2.63. The van der Waals surface area contributed by atoms with Crippen molar-refractivity contribution in [2.75, 3.05) is 33.8 Å². The summed E-state index contributed by atoms with van der Waals surface area (Å²) >= 11 is 0. The Balaban J connectivity index is 1.58. The van der Waals surface area contributed by atoms with Gasteiger partial charge in [0, 0.05) is 39.1 Å². The van der Waals surface area contributed by atoms with Crippen molar-refractivity contribution in [3.8, 4) is 0 Å². The molecular formula is C46H78N4O12. The zero-order valence-corrected chi connectivity index (χ0v) is 39.4. The van der Waals surface area contributed by atoms with Crippen molar-refractivity contribution < 1.29 is 58.4 Å². The molecule has 1 aromatic carbocycles. The molecule has 18 atom stereocenters. The van der Waals surface area contributed by atoms with Gasteiger partial charge in [-0.1, -0.05) is 45.9 Å². The molecule has 354 valence electrons. The molecule has 5 rings (SSSR count).